The van der Waals surface area contributed by atoms with E-state index in [1.54, 1.807) is 0 Å². The van der Waals surface area contributed by atoms with Crippen molar-refractivity contribution in [2.45, 2.75) is 12.8 Å². The Hall–Kier alpha value is -2.15. The number of carbonyl (C=O) groups is 1. The van der Waals surface area contributed by atoms with Gasteiger partial charge in [0.05, 0.1) is 4.92 Å². The molecule has 2 rings (SSSR count). The molecule has 0 aliphatic carbocycles. The highest BCUT2D eigenvalue weighted by molar-refractivity contribution is 5.94. The highest BCUT2D eigenvalue weighted by atomic mass is 16.6. The molecule has 1 saturated heterocycles. The summed E-state index contributed by atoms with van der Waals surface area (Å²) in [7, 11) is 1.81. The lowest BCUT2D eigenvalue weighted by Crippen LogP contribution is -2.34. The zero-order chi connectivity index (χ0) is 15.4. The first-order valence-electron chi connectivity index (χ1n) is 6.99. The summed E-state index contributed by atoms with van der Waals surface area (Å²) >= 11 is 0. The van der Waals surface area contributed by atoms with Gasteiger partial charge >= 0.3 is 0 Å². The Bertz CT molecular complexity index is 541. The summed E-state index contributed by atoms with van der Waals surface area (Å²) < 4.78 is 0. The zero-order valence-corrected chi connectivity index (χ0v) is 12.0. The zero-order valence-electron chi connectivity index (χ0n) is 12.0. The van der Waals surface area contributed by atoms with Crippen LogP contribution in [0.1, 0.15) is 23.2 Å². The van der Waals surface area contributed by atoms with Crippen molar-refractivity contribution in [3.05, 3.63) is 33.9 Å². The summed E-state index contributed by atoms with van der Waals surface area (Å²) in [4.78, 5) is 23.8. The fourth-order valence-corrected chi connectivity index (χ4v) is 2.69. The Morgan fingerprint density at radius 2 is 2.14 bits per heavy atom. The summed E-state index contributed by atoms with van der Waals surface area (Å²) in [6.07, 6.45) is 2.10. The number of piperidine rings is 1. The number of nitrogens with two attached hydrogens (primary N) is 1. The Kier molecular flexibility index (Phi) is 4.74. The predicted octanol–water partition coefficient (Wildman–Crippen LogP) is 1.13. The summed E-state index contributed by atoms with van der Waals surface area (Å²) in [6, 6.07) is 4.23. The van der Waals surface area contributed by atoms with Gasteiger partial charge in [0.1, 0.15) is 5.69 Å². The van der Waals surface area contributed by atoms with E-state index >= 15 is 0 Å². The maximum Gasteiger partial charge on any atom is 0.292 e. The van der Waals surface area contributed by atoms with Crippen LogP contribution in [0, 0.1) is 16.0 Å². The molecule has 3 N–H and O–H groups in total. The van der Waals surface area contributed by atoms with Crippen molar-refractivity contribution < 1.29 is 9.72 Å². The van der Waals surface area contributed by atoms with Crippen LogP contribution in [0.3, 0.4) is 0 Å². The summed E-state index contributed by atoms with van der Waals surface area (Å²) in [6.45, 7) is 2.68. The molecule has 0 spiro atoms. The first kappa shape index (κ1) is 15.2. The van der Waals surface area contributed by atoms with Crippen LogP contribution < -0.4 is 16.0 Å². The SMILES string of the molecule is CN(CC1CCNCC1)c1cc(C(N)=O)ccc1[N+](=O)[O-]. The highest BCUT2D eigenvalue weighted by Crippen LogP contribution is 2.29. The quantitative estimate of drug-likeness (QED) is 0.625. The third kappa shape index (κ3) is 3.69. The molecule has 1 amide bonds. The number of primary amides is 1. The second-order valence-electron chi connectivity index (χ2n) is 5.40. The van der Waals surface area contributed by atoms with E-state index in [-0.39, 0.29) is 11.3 Å². The third-order valence-electron chi connectivity index (χ3n) is 3.86. The van der Waals surface area contributed by atoms with Crippen LogP contribution in [-0.4, -0.2) is 37.5 Å². The minimum atomic E-state index is -0.582. The van der Waals surface area contributed by atoms with Crippen LogP contribution in [-0.2, 0) is 0 Å². The molecule has 0 saturated carbocycles. The van der Waals surface area contributed by atoms with Crippen molar-refractivity contribution in [3.8, 4) is 0 Å². The fraction of sp³-hybridized carbons (Fsp3) is 0.500. The molecule has 0 aromatic heterocycles. The second-order valence-corrected chi connectivity index (χ2v) is 5.40. The number of benzene rings is 1. The van der Waals surface area contributed by atoms with Gasteiger partial charge in [-0.3, -0.25) is 14.9 Å². The van der Waals surface area contributed by atoms with E-state index in [0.29, 0.717) is 11.6 Å². The minimum absolute atomic E-state index is 0.00330. The summed E-state index contributed by atoms with van der Waals surface area (Å²) in [5.74, 6) is -0.0884. The number of hydrogen-bond acceptors (Lipinski definition) is 5. The molecule has 7 nitrogen and oxygen atoms in total. The molecule has 1 heterocycles. The molecule has 7 heteroatoms. The molecule has 1 fully saturated rings. The van der Waals surface area contributed by atoms with Crippen LogP contribution >= 0.6 is 0 Å². The molecular weight excluding hydrogens is 272 g/mol. The number of carbonyl (C=O) groups excluding carboxylic acids is 1. The van der Waals surface area contributed by atoms with Gasteiger partial charge in [-0.05, 0) is 44.0 Å². The monoisotopic (exact) mass is 292 g/mol. The normalized spacial score (nSPS) is 15.7. The third-order valence-corrected chi connectivity index (χ3v) is 3.86. The molecule has 114 valence electrons. The first-order chi connectivity index (χ1) is 9.99. The number of nitro benzene ring substituents is 1. The number of nitrogens with one attached hydrogen (secondary N) is 1. The Balaban J connectivity index is 2.23. The molecule has 0 radical (unpaired) electrons. The lowest BCUT2D eigenvalue weighted by molar-refractivity contribution is -0.384. The smallest absolute Gasteiger partial charge is 0.292 e. The van der Waals surface area contributed by atoms with E-state index in [1.165, 1.54) is 18.2 Å². The average Bonchev–Trinajstić information content (AvgIpc) is 2.47. The van der Waals surface area contributed by atoms with E-state index in [4.69, 9.17) is 5.73 Å². The van der Waals surface area contributed by atoms with E-state index in [0.717, 1.165) is 32.5 Å². The van der Waals surface area contributed by atoms with Crippen LogP contribution in [0.15, 0.2) is 18.2 Å². The van der Waals surface area contributed by atoms with E-state index in [9.17, 15) is 14.9 Å². The van der Waals surface area contributed by atoms with Crippen molar-refractivity contribution in [1.82, 2.24) is 5.32 Å². The lowest BCUT2D eigenvalue weighted by atomic mass is 9.97. The standard InChI is InChI=1S/C14H20N4O3/c1-17(9-10-4-6-16-7-5-10)13-8-11(14(15)19)2-3-12(13)18(20)21/h2-3,8,10,16H,4-7,9H2,1H3,(H2,15,19). The fourth-order valence-electron chi connectivity index (χ4n) is 2.69. The number of nitro groups is 1. The second kappa shape index (κ2) is 6.53. The van der Waals surface area contributed by atoms with Crippen molar-refractivity contribution in [1.29, 1.82) is 0 Å². The van der Waals surface area contributed by atoms with Crippen molar-refractivity contribution in [3.63, 3.8) is 0 Å². The van der Waals surface area contributed by atoms with Crippen LogP contribution in [0.2, 0.25) is 0 Å². The van der Waals surface area contributed by atoms with Crippen molar-refractivity contribution in [2.24, 2.45) is 11.7 Å². The number of rotatable bonds is 5. The molecular formula is C14H20N4O3. The van der Waals surface area contributed by atoms with E-state index < -0.39 is 10.8 Å². The minimum Gasteiger partial charge on any atom is -0.369 e. The van der Waals surface area contributed by atoms with Crippen molar-refractivity contribution in [2.75, 3.05) is 31.6 Å². The summed E-state index contributed by atoms with van der Waals surface area (Å²) in [5.41, 5.74) is 5.98. The van der Waals surface area contributed by atoms with E-state index in [1.807, 2.05) is 11.9 Å². The van der Waals surface area contributed by atoms with Gasteiger partial charge in [-0.25, -0.2) is 0 Å². The number of hydrogen-bond donors (Lipinski definition) is 2. The van der Waals surface area contributed by atoms with Gasteiger partial charge in [-0.2, -0.15) is 0 Å². The van der Waals surface area contributed by atoms with Gasteiger partial charge in [-0.1, -0.05) is 0 Å². The van der Waals surface area contributed by atoms with Crippen LogP contribution in [0.5, 0.6) is 0 Å². The predicted molar refractivity (Wildman–Crippen MR) is 80.5 cm³/mol. The molecule has 1 aliphatic rings. The van der Waals surface area contributed by atoms with Crippen molar-refractivity contribution >= 4 is 17.3 Å². The highest BCUT2D eigenvalue weighted by Gasteiger charge is 2.22. The Morgan fingerprint density at radius 1 is 1.48 bits per heavy atom. The first-order valence-corrected chi connectivity index (χ1v) is 6.99. The molecule has 21 heavy (non-hydrogen) atoms. The molecule has 1 aliphatic heterocycles. The molecule has 1 aromatic rings. The molecule has 0 unspecified atom stereocenters. The Morgan fingerprint density at radius 3 is 2.71 bits per heavy atom. The molecule has 0 bridgehead atoms. The summed E-state index contributed by atoms with van der Waals surface area (Å²) in [5, 5.41) is 14.4. The number of nitrogens with zero attached hydrogens (tertiary/aromatic N) is 2. The van der Waals surface area contributed by atoms with E-state index in [2.05, 4.69) is 5.32 Å². The van der Waals surface area contributed by atoms with Gasteiger partial charge in [0.15, 0.2) is 0 Å². The lowest BCUT2D eigenvalue weighted by Gasteiger charge is -2.28. The van der Waals surface area contributed by atoms with Gasteiger partial charge in [0, 0.05) is 25.2 Å². The van der Waals surface area contributed by atoms with Gasteiger partial charge < -0.3 is 16.0 Å². The van der Waals surface area contributed by atoms with Gasteiger partial charge in [-0.15, -0.1) is 0 Å². The maximum absolute atomic E-state index is 11.3. The molecule has 0 atom stereocenters. The van der Waals surface area contributed by atoms with Crippen LogP contribution in [0.4, 0.5) is 11.4 Å². The molecule has 1 aromatic carbocycles. The maximum atomic E-state index is 11.3. The van der Waals surface area contributed by atoms with Gasteiger partial charge in [0.25, 0.3) is 5.69 Å². The number of anilines is 1. The van der Waals surface area contributed by atoms with Crippen LogP contribution in [0.25, 0.3) is 0 Å². The Labute approximate surface area is 123 Å². The largest absolute Gasteiger partial charge is 0.369 e. The number of amides is 1. The van der Waals surface area contributed by atoms with Gasteiger partial charge in [0.2, 0.25) is 5.91 Å². The average molecular weight is 292 g/mol. The topological polar surface area (TPSA) is 102 Å².